The molecule has 1 amide bonds. The van der Waals surface area contributed by atoms with E-state index in [0.29, 0.717) is 12.3 Å². The maximum atomic E-state index is 12.3. The van der Waals surface area contributed by atoms with Crippen molar-refractivity contribution in [3.8, 4) is 0 Å². The van der Waals surface area contributed by atoms with Gasteiger partial charge in [0.25, 0.3) is 0 Å². The van der Waals surface area contributed by atoms with Gasteiger partial charge in [0.15, 0.2) is 4.34 Å². The van der Waals surface area contributed by atoms with Crippen LogP contribution < -0.4 is 0 Å². The lowest BCUT2D eigenvalue weighted by molar-refractivity contribution is -0.127. The largest absolute Gasteiger partial charge is 0.341 e. The summed E-state index contributed by atoms with van der Waals surface area (Å²) in [4.78, 5) is 18.6. The molecule has 1 heterocycles. The molecule has 0 saturated heterocycles. The third kappa shape index (κ3) is 4.13. The molecule has 1 aromatic heterocycles. The second-order valence-corrected chi connectivity index (χ2v) is 8.18. The number of aromatic nitrogens is 1. The zero-order valence-electron chi connectivity index (χ0n) is 12.5. The number of benzene rings is 2. The minimum atomic E-state index is 0.102. The number of amides is 1. The van der Waals surface area contributed by atoms with Crippen molar-refractivity contribution in [3.63, 3.8) is 0 Å². The topological polar surface area (TPSA) is 33.2 Å². The van der Waals surface area contributed by atoms with E-state index in [9.17, 15) is 4.79 Å². The van der Waals surface area contributed by atoms with E-state index in [1.807, 2.05) is 49.5 Å². The lowest BCUT2D eigenvalue weighted by atomic mass is 10.2. The van der Waals surface area contributed by atoms with Crippen LogP contribution in [0.3, 0.4) is 0 Å². The second-order valence-electron chi connectivity index (χ2n) is 5.08. The summed E-state index contributed by atoms with van der Waals surface area (Å²) >= 11 is 6.65. The molecule has 0 aliphatic heterocycles. The van der Waals surface area contributed by atoms with Crippen molar-refractivity contribution < 1.29 is 4.79 Å². The molecule has 3 nitrogen and oxygen atoms in total. The Hall–Kier alpha value is -1.37. The number of hydrogen-bond acceptors (Lipinski definition) is 4. The lowest BCUT2D eigenvalue weighted by Crippen LogP contribution is -2.27. The maximum Gasteiger partial charge on any atom is 0.233 e. The van der Waals surface area contributed by atoms with Gasteiger partial charge < -0.3 is 4.90 Å². The lowest BCUT2D eigenvalue weighted by Gasteiger charge is -2.17. The van der Waals surface area contributed by atoms with Crippen LogP contribution in [0.25, 0.3) is 10.2 Å². The summed E-state index contributed by atoms with van der Waals surface area (Å²) < 4.78 is 3.12. The molecular weight excluding hydrogens is 392 g/mol. The Morgan fingerprint density at radius 1 is 1.22 bits per heavy atom. The molecule has 0 aliphatic carbocycles. The van der Waals surface area contributed by atoms with E-state index in [1.165, 1.54) is 11.8 Å². The Bertz CT molecular complexity index is 801. The number of fused-ring (bicyclic) bond motifs is 1. The predicted molar refractivity (Wildman–Crippen MR) is 101 cm³/mol. The second kappa shape index (κ2) is 7.47. The molecule has 23 heavy (non-hydrogen) atoms. The monoisotopic (exact) mass is 406 g/mol. The predicted octanol–water partition coefficient (Wildman–Crippen LogP) is 4.81. The molecule has 0 fully saturated rings. The third-order valence-corrected chi connectivity index (χ3v) is 6.32. The number of nitrogens with zero attached hydrogens (tertiary/aromatic N) is 2. The molecule has 0 atom stereocenters. The molecule has 2 aromatic carbocycles. The number of thioether (sulfide) groups is 1. The number of thiazole rings is 1. The van der Waals surface area contributed by atoms with Gasteiger partial charge in [-0.15, -0.1) is 11.3 Å². The first-order chi connectivity index (χ1) is 11.1. The van der Waals surface area contributed by atoms with Crippen molar-refractivity contribution in [1.29, 1.82) is 0 Å². The Morgan fingerprint density at radius 2 is 1.96 bits per heavy atom. The number of hydrogen-bond donors (Lipinski definition) is 0. The van der Waals surface area contributed by atoms with Crippen LogP contribution in [0.2, 0.25) is 0 Å². The molecule has 0 N–H and O–H groups in total. The molecule has 118 valence electrons. The van der Waals surface area contributed by atoms with Crippen molar-refractivity contribution in [1.82, 2.24) is 9.88 Å². The minimum Gasteiger partial charge on any atom is -0.341 e. The summed E-state index contributed by atoms with van der Waals surface area (Å²) in [5.41, 5.74) is 2.10. The fourth-order valence-corrected chi connectivity index (χ4v) is 4.54. The summed E-state index contributed by atoms with van der Waals surface area (Å²) in [6, 6.07) is 16.0. The molecule has 0 unspecified atom stereocenters. The van der Waals surface area contributed by atoms with E-state index in [-0.39, 0.29) is 5.91 Å². The van der Waals surface area contributed by atoms with Gasteiger partial charge in [0.05, 0.1) is 16.0 Å². The highest BCUT2D eigenvalue weighted by Crippen LogP contribution is 2.29. The molecular formula is C17H15BrN2OS2. The van der Waals surface area contributed by atoms with E-state index in [4.69, 9.17) is 0 Å². The summed E-state index contributed by atoms with van der Waals surface area (Å²) in [6.45, 7) is 0.598. The molecule has 0 bridgehead atoms. The Balaban J connectivity index is 1.59. The van der Waals surface area contributed by atoms with Crippen LogP contribution in [0, 0.1) is 0 Å². The number of para-hydroxylation sites is 1. The van der Waals surface area contributed by atoms with Gasteiger partial charge >= 0.3 is 0 Å². The van der Waals surface area contributed by atoms with E-state index in [1.54, 1.807) is 16.2 Å². The third-order valence-electron chi connectivity index (χ3n) is 3.38. The van der Waals surface area contributed by atoms with Crippen molar-refractivity contribution >= 4 is 55.2 Å². The summed E-state index contributed by atoms with van der Waals surface area (Å²) in [5.74, 6) is 0.505. The van der Waals surface area contributed by atoms with Gasteiger partial charge in [-0.3, -0.25) is 4.79 Å². The highest BCUT2D eigenvalue weighted by molar-refractivity contribution is 9.10. The molecule has 3 rings (SSSR count). The molecule has 0 aliphatic rings. The van der Waals surface area contributed by atoms with E-state index >= 15 is 0 Å². The van der Waals surface area contributed by atoms with Crippen LogP contribution in [0.15, 0.2) is 57.3 Å². The van der Waals surface area contributed by atoms with Gasteiger partial charge in [-0.05, 0) is 23.8 Å². The Kier molecular flexibility index (Phi) is 5.35. The SMILES string of the molecule is CN(Cc1ccccc1Br)C(=O)CSc1nc2ccccc2s1. The Labute approximate surface area is 151 Å². The first-order valence-corrected chi connectivity index (χ1v) is 9.69. The first-order valence-electron chi connectivity index (χ1n) is 7.09. The molecule has 6 heteroatoms. The number of carbonyl (C=O) groups is 1. The van der Waals surface area contributed by atoms with Crippen LogP contribution in [-0.4, -0.2) is 28.6 Å². The van der Waals surface area contributed by atoms with Gasteiger partial charge in [-0.25, -0.2) is 4.98 Å². The van der Waals surface area contributed by atoms with E-state index in [0.717, 1.165) is 24.6 Å². The van der Waals surface area contributed by atoms with Gasteiger partial charge in [0.2, 0.25) is 5.91 Å². The Morgan fingerprint density at radius 3 is 2.74 bits per heavy atom. The number of halogens is 1. The van der Waals surface area contributed by atoms with Gasteiger partial charge in [-0.2, -0.15) is 0 Å². The average Bonchev–Trinajstić information content (AvgIpc) is 2.97. The highest BCUT2D eigenvalue weighted by atomic mass is 79.9. The number of rotatable bonds is 5. The van der Waals surface area contributed by atoms with E-state index < -0.39 is 0 Å². The minimum absolute atomic E-state index is 0.102. The van der Waals surface area contributed by atoms with E-state index in [2.05, 4.69) is 27.0 Å². The highest BCUT2D eigenvalue weighted by Gasteiger charge is 2.13. The summed E-state index contributed by atoms with van der Waals surface area (Å²) in [7, 11) is 1.83. The van der Waals surface area contributed by atoms with Gasteiger partial charge in [0.1, 0.15) is 0 Å². The van der Waals surface area contributed by atoms with Crippen molar-refractivity contribution in [3.05, 3.63) is 58.6 Å². The molecule has 0 radical (unpaired) electrons. The van der Waals surface area contributed by atoms with Crippen LogP contribution in [0.1, 0.15) is 5.56 Å². The standard InChI is InChI=1S/C17H15BrN2OS2/c1-20(10-12-6-2-3-7-13(12)18)16(21)11-22-17-19-14-8-4-5-9-15(14)23-17/h2-9H,10-11H2,1H3. The summed E-state index contributed by atoms with van der Waals surface area (Å²) in [5, 5.41) is 0. The maximum absolute atomic E-state index is 12.3. The fourth-order valence-electron chi connectivity index (χ4n) is 2.12. The van der Waals surface area contributed by atoms with Crippen molar-refractivity contribution in [2.45, 2.75) is 10.9 Å². The first kappa shape index (κ1) is 16.5. The average molecular weight is 407 g/mol. The quantitative estimate of drug-likeness (QED) is 0.569. The molecule has 0 spiro atoms. The van der Waals surface area contributed by atoms with Gasteiger partial charge in [-0.1, -0.05) is 58.0 Å². The van der Waals surface area contributed by atoms with Gasteiger partial charge in [0, 0.05) is 18.1 Å². The molecule has 3 aromatic rings. The van der Waals surface area contributed by atoms with Crippen molar-refractivity contribution in [2.75, 3.05) is 12.8 Å². The zero-order valence-corrected chi connectivity index (χ0v) is 15.7. The molecule has 0 saturated carbocycles. The van der Waals surface area contributed by atoms with Crippen LogP contribution in [0.4, 0.5) is 0 Å². The van der Waals surface area contributed by atoms with Crippen LogP contribution in [0.5, 0.6) is 0 Å². The summed E-state index contributed by atoms with van der Waals surface area (Å²) in [6.07, 6.45) is 0. The van der Waals surface area contributed by atoms with Crippen molar-refractivity contribution in [2.24, 2.45) is 0 Å². The normalized spacial score (nSPS) is 10.9. The van der Waals surface area contributed by atoms with Crippen LogP contribution >= 0.6 is 39.0 Å². The zero-order chi connectivity index (χ0) is 16.2. The van der Waals surface area contributed by atoms with Crippen LogP contribution in [-0.2, 0) is 11.3 Å². The number of carbonyl (C=O) groups excluding carboxylic acids is 1. The fraction of sp³-hybridized carbons (Fsp3) is 0.176. The smallest absolute Gasteiger partial charge is 0.233 e.